The molecule has 4 nitrogen and oxygen atoms in total. The van der Waals surface area contributed by atoms with Crippen molar-refractivity contribution in [2.45, 2.75) is 6.42 Å². The van der Waals surface area contributed by atoms with Gasteiger partial charge < -0.3 is 9.64 Å². The number of rotatable bonds is 6. The minimum atomic E-state index is -0.382. The molecule has 0 aliphatic rings. The average molecular weight is 294 g/mol. The summed E-state index contributed by atoms with van der Waals surface area (Å²) >= 11 is 1.57. The highest BCUT2D eigenvalue weighted by Crippen LogP contribution is 2.12. The van der Waals surface area contributed by atoms with Crippen molar-refractivity contribution in [3.63, 3.8) is 0 Å². The van der Waals surface area contributed by atoms with Gasteiger partial charge in [0.15, 0.2) is 6.61 Å². The van der Waals surface area contributed by atoms with Crippen LogP contribution in [0.1, 0.15) is 5.01 Å². The molecule has 0 unspecified atom stereocenters. The van der Waals surface area contributed by atoms with Gasteiger partial charge in [-0.05, 0) is 12.1 Å². The molecule has 0 radical (unpaired) electrons. The topological polar surface area (TPSA) is 42.4 Å². The van der Waals surface area contributed by atoms with Crippen LogP contribution in [0.4, 0.5) is 4.39 Å². The van der Waals surface area contributed by atoms with Crippen LogP contribution >= 0.6 is 11.3 Å². The molecule has 0 aliphatic heterocycles. The second-order valence-corrected chi connectivity index (χ2v) is 5.22. The first-order chi connectivity index (χ1) is 9.65. The molecule has 0 saturated carbocycles. The molecule has 0 bridgehead atoms. The van der Waals surface area contributed by atoms with E-state index in [2.05, 4.69) is 4.98 Å². The first kappa shape index (κ1) is 14.5. The number of carbonyl (C=O) groups is 1. The van der Waals surface area contributed by atoms with Crippen molar-refractivity contribution in [2.24, 2.45) is 0 Å². The molecule has 1 aromatic carbocycles. The summed E-state index contributed by atoms with van der Waals surface area (Å²) in [7, 11) is 1.71. The third-order valence-corrected chi connectivity index (χ3v) is 3.57. The quantitative estimate of drug-likeness (QED) is 0.821. The van der Waals surface area contributed by atoms with Crippen molar-refractivity contribution in [3.8, 4) is 5.75 Å². The number of halogens is 1. The van der Waals surface area contributed by atoms with Crippen LogP contribution in [0, 0.1) is 5.82 Å². The molecule has 20 heavy (non-hydrogen) atoms. The van der Waals surface area contributed by atoms with E-state index in [-0.39, 0.29) is 18.3 Å². The number of benzene rings is 1. The third-order valence-electron chi connectivity index (χ3n) is 2.73. The summed E-state index contributed by atoms with van der Waals surface area (Å²) < 4.78 is 18.2. The van der Waals surface area contributed by atoms with Gasteiger partial charge in [0.1, 0.15) is 11.6 Å². The molecule has 1 amide bonds. The zero-order valence-corrected chi connectivity index (χ0v) is 11.9. The molecule has 1 aromatic heterocycles. The van der Waals surface area contributed by atoms with Crippen molar-refractivity contribution < 1.29 is 13.9 Å². The van der Waals surface area contributed by atoms with Gasteiger partial charge in [-0.25, -0.2) is 9.37 Å². The van der Waals surface area contributed by atoms with Crippen LogP contribution in [0.15, 0.2) is 35.8 Å². The molecule has 0 spiro atoms. The van der Waals surface area contributed by atoms with E-state index in [0.717, 1.165) is 11.4 Å². The van der Waals surface area contributed by atoms with Crippen molar-refractivity contribution in [1.82, 2.24) is 9.88 Å². The van der Waals surface area contributed by atoms with E-state index >= 15 is 0 Å². The zero-order chi connectivity index (χ0) is 14.4. The maximum Gasteiger partial charge on any atom is 0.260 e. The number of carbonyl (C=O) groups excluding carboxylic acids is 1. The second-order valence-electron chi connectivity index (χ2n) is 4.24. The van der Waals surface area contributed by atoms with Crippen molar-refractivity contribution in [2.75, 3.05) is 20.2 Å². The Morgan fingerprint density at radius 3 is 3.05 bits per heavy atom. The standard InChI is InChI=1S/C14H15FN2O2S/c1-17(7-5-13-16-6-8-20-13)14(18)10-19-12-4-2-3-11(15)9-12/h2-4,6,8-9H,5,7,10H2,1H3. The van der Waals surface area contributed by atoms with Crippen LogP contribution in [0.25, 0.3) is 0 Å². The molecule has 2 rings (SSSR count). The molecule has 1 heterocycles. The lowest BCUT2D eigenvalue weighted by Crippen LogP contribution is -2.33. The molecule has 0 aliphatic carbocycles. The van der Waals surface area contributed by atoms with Gasteiger partial charge in [-0.3, -0.25) is 4.79 Å². The van der Waals surface area contributed by atoms with E-state index in [1.54, 1.807) is 41.6 Å². The second kappa shape index (κ2) is 7.00. The Kier molecular flexibility index (Phi) is 5.06. The van der Waals surface area contributed by atoms with Crippen LogP contribution < -0.4 is 4.74 Å². The minimum absolute atomic E-state index is 0.0994. The van der Waals surface area contributed by atoms with E-state index in [4.69, 9.17) is 4.74 Å². The van der Waals surface area contributed by atoms with E-state index in [1.807, 2.05) is 5.38 Å². The largest absolute Gasteiger partial charge is 0.484 e. The molecule has 0 saturated heterocycles. The minimum Gasteiger partial charge on any atom is -0.484 e. The van der Waals surface area contributed by atoms with Gasteiger partial charge in [0.2, 0.25) is 0 Å². The maximum absolute atomic E-state index is 12.9. The number of nitrogens with zero attached hydrogens (tertiary/aromatic N) is 2. The number of hydrogen-bond acceptors (Lipinski definition) is 4. The summed E-state index contributed by atoms with van der Waals surface area (Å²) in [6.07, 6.45) is 2.47. The fraction of sp³-hybridized carbons (Fsp3) is 0.286. The van der Waals surface area contributed by atoms with Gasteiger partial charge in [-0.15, -0.1) is 11.3 Å². The van der Waals surface area contributed by atoms with Crippen LogP contribution in [0.2, 0.25) is 0 Å². The van der Waals surface area contributed by atoms with E-state index in [9.17, 15) is 9.18 Å². The van der Waals surface area contributed by atoms with Crippen LogP contribution in [-0.4, -0.2) is 36.0 Å². The molecule has 2 aromatic rings. The maximum atomic E-state index is 12.9. The number of thiazole rings is 1. The first-order valence-corrected chi connectivity index (χ1v) is 7.04. The highest BCUT2D eigenvalue weighted by molar-refractivity contribution is 7.09. The van der Waals surface area contributed by atoms with Crippen LogP contribution in [0.5, 0.6) is 5.75 Å². The third kappa shape index (κ3) is 4.31. The lowest BCUT2D eigenvalue weighted by Gasteiger charge is -2.16. The normalized spacial score (nSPS) is 10.3. The predicted molar refractivity (Wildman–Crippen MR) is 75.4 cm³/mol. The van der Waals surface area contributed by atoms with Gasteiger partial charge in [0.25, 0.3) is 5.91 Å². The zero-order valence-electron chi connectivity index (χ0n) is 11.1. The summed E-state index contributed by atoms with van der Waals surface area (Å²) in [6, 6.07) is 5.74. The average Bonchev–Trinajstić information content (AvgIpc) is 2.95. The Balaban J connectivity index is 1.76. The number of likely N-dealkylation sites (N-methyl/N-ethyl adjacent to an activating group) is 1. The Morgan fingerprint density at radius 2 is 2.35 bits per heavy atom. The number of ether oxygens (including phenoxy) is 1. The Hall–Kier alpha value is -1.95. The molecule has 6 heteroatoms. The van der Waals surface area contributed by atoms with Gasteiger partial charge >= 0.3 is 0 Å². The highest BCUT2D eigenvalue weighted by Gasteiger charge is 2.10. The van der Waals surface area contributed by atoms with Crippen LogP contribution in [-0.2, 0) is 11.2 Å². The lowest BCUT2D eigenvalue weighted by atomic mass is 10.3. The van der Waals surface area contributed by atoms with Gasteiger partial charge in [0, 0.05) is 37.7 Å². The predicted octanol–water partition coefficient (Wildman–Crippen LogP) is 2.36. The van der Waals surface area contributed by atoms with Gasteiger partial charge in [-0.2, -0.15) is 0 Å². The lowest BCUT2D eigenvalue weighted by molar-refractivity contribution is -0.132. The molecular formula is C14H15FN2O2S. The Labute approximate surface area is 120 Å². The van der Waals surface area contributed by atoms with Gasteiger partial charge in [-0.1, -0.05) is 6.07 Å². The highest BCUT2D eigenvalue weighted by atomic mass is 32.1. The number of hydrogen-bond donors (Lipinski definition) is 0. The molecular weight excluding hydrogens is 279 g/mol. The summed E-state index contributed by atoms with van der Waals surface area (Å²) in [5.74, 6) is -0.176. The van der Waals surface area contributed by atoms with E-state index in [1.165, 1.54) is 12.1 Å². The first-order valence-electron chi connectivity index (χ1n) is 6.16. The summed E-state index contributed by atoms with van der Waals surface area (Å²) in [5, 5.41) is 2.90. The fourth-order valence-corrected chi connectivity index (χ4v) is 2.19. The molecule has 0 atom stereocenters. The summed E-state index contributed by atoms with van der Waals surface area (Å²) in [5.41, 5.74) is 0. The number of amides is 1. The van der Waals surface area contributed by atoms with Crippen molar-refractivity contribution >= 4 is 17.2 Å². The fourth-order valence-electron chi connectivity index (χ4n) is 1.58. The van der Waals surface area contributed by atoms with E-state index in [0.29, 0.717) is 12.3 Å². The van der Waals surface area contributed by atoms with Crippen molar-refractivity contribution in [3.05, 3.63) is 46.7 Å². The summed E-state index contributed by atoms with van der Waals surface area (Å²) in [6.45, 7) is 0.483. The number of aromatic nitrogens is 1. The molecule has 0 fully saturated rings. The monoisotopic (exact) mass is 294 g/mol. The van der Waals surface area contributed by atoms with Crippen molar-refractivity contribution in [1.29, 1.82) is 0 Å². The molecule has 0 N–H and O–H groups in total. The smallest absolute Gasteiger partial charge is 0.260 e. The molecule has 106 valence electrons. The Morgan fingerprint density at radius 1 is 1.50 bits per heavy atom. The van der Waals surface area contributed by atoms with E-state index < -0.39 is 0 Å². The van der Waals surface area contributed by atoms with Crippen LogP contribution in [0.3, 0.4) is 0 Å². The summed E-state index contributed by atoms with van der Waals surface area (Å²) in [4.78, 5) is 17.6. The van der Waals surface area contributed by atoms with Gasteiger partial charge in [0.05, 0.1) is 5.01 Å². The SMILES string of the molecule is CN(CCc1nccs1)C(=O)COc1cccc(F)c1. The Bertz CT molecular complexity index is 560.